The second-order valence-corrected chi connectivity index (χ2v) is 8.04. The molecule has 31 heavy (non-hydrogen) atoms. The third kappa shape index (κ3) is 5.48. The molecule has 0 aliphatic carbocycles. The van der Waals surface area contributed by atoms with Gasteiger partial charge in [-0.15, -0.1) is 0 Å². The van der Waals surface area contributed by atoms with Crippen molar-refractivity contribution in [1.82, 2.24) is 20.7 Å². The Morgan fingerprint density at radius 3 is 2.48 bits per heavy atom. The first-order valence-electron chi connectivity index (χ1n) is 9.67. The Balaban J connectivity index is 1.81. The van der Waals surface area contributed by atoms with E-state index in [1.807, 2.05) is 48.5 Å². The van der Waals surface area contributed by atoms with E-state index in [1.54, 1.807) is 0 Å². The van der Waals surface area contributed by atoms with Gasteiger partial charge in [0, 0.05) is 16.6 Å². The molecule has 2 atom stereocenters. The molecule has 0 saturated heterocycles. The predicted molar refractivity (Wildman–Crippen MR) is 116 cm³/mol. The highest BCUT2D eigenvalue weighted by Gasteiger charge is 2.36. The van der Waals surface area contributed by atoms with E-state index >= 15 is 0 Å². The van der Waals surface area contributed by atoms with Crippen LogP contribution < -0.4 is 5.32 Å². The lowest BCUT2D eigenvalue weighted by molar-refractivity contribution is -0.151. The standard InChI is InChI=1S/C22H23ClN4O4/c1-22(13-28,21(30)31)11-16(25-20(29)19-12-24-27-26-19)10-14-6-8-15(9-7-14)17-4-2-3-5-18(17)23/h2-9,12,16,28H,10-11,13H2,1H3,(H,25,29)(H,30,31)(H,24,26,27). The number of aliphatic carboxylic acids is 1. The fourth-order valence-electron chi connectivity index (χ4n) is 3.31. The fraction of sp³-hybridized carbons (Fsp3) is 0.273. The summed E-state index contributed by atoms with van der Waals surface area (Å²) in [6.07, 6.45) is 1.69. The molecule has 3 aromatic rings. The zero-order valence-electron chi connectivity index (χ0n) is 16.9. The van der Waals surface area contributed by atoms with Gasteiger partial charge in [0.25, 0.3) is 5.91 Å². The zero-order chi connectivity index (χ0) is 22.4. The third-order valence-electron chi connectivity index (χ3n) is 5.17. The molecule has 0 saturated carbocycles. The Morgan fingerprint density at radius 2 is 1.90 bits per heavy atom. The lowest BCUT2D eigenvalue weighted by Gasteiger charge is -2.28. The number of benzene rings is 2. The molecule has 3 rings (SSSR count). The lowest BCUT2D eigenvalue weighted by atomic mass is 9.82. The van der Waals surface area contributed by atoms with Crippen molar-refractivity contribution in [2.75, 3.05) is 6.61 Å². The van der Waals surface area contributed by atoms with Gasteiger partial charge in [0.1, 0.15) is 0 Å². The molecule has 9 heteroatoms. The van der Waals surface area contributed by atoms with Crippen LogP contribution >= 0.6 is 11.6 Å². The maximum atomic E-state index is 12.5. The molecule has 162 valence electrons. The molecule has 1 amide bonds. The van der Waals surface area contributed by atoms with Crippen molar-refractivity contribution in [3.8, 4) is 11.1 Å². The van der Waals surface area contributed by atoms with Crippen molar-refractivity contribution < 1.29 is 19.8 Å². The second-order valence-electron chi connectivity index (χ2n) is 7.63. The summed E-state index contributed by atoms with van der Waals surface area (Å²) in [4.78, 5) is 24.1. The van der Waals surface area contributed by atoms with Crippen LogP contribution in [0, 0.1) is 5.41 Å². The Bertz CT molecular complexity index is 1040. The lowest BCUT2D eigenvalue weighted by Crippen LogP contribution is -2.44. The average Bonchev–Trinajstić information content (AvgIpc) is 3.29. The summed E-state index contributed by atoms with van der Waals surface area (Å²) in [6.45, 7) is 0.898. The number of amides is 1. The number of halogens is 1. The molecule has 8 nitrogen and oxygen atoms in total. The van der Waals surface area contributed by atoms with Gasteiger partial charge in [0.05, 0.1) is 18.2 Å². The Morgan fingerprint density at radius 1 is 1.19 bits per heavy atom. The molecule has 1 aromatic heterocycles. The number of carbonyl (C=O) groups excluding carboxylic acids is 1. The molecule has 0 spiro atoms. The predicted octanol–water partition coefficient (Wildman–Crippen LogP) is 2.94. The van der Waals surface area contributed by atoms with Crippen molar-refractivity contribution in [3.05, 3.63) is 71.0 Å². The highest BCUT2D eigenvalue weighted by molar-refractivity contribution is 6.33. The van der Waals surface area contributed by atoms with Crippen LogP contribution in [0.2, 0.25) is 5.02 Å². The smallest absolute Gasteiger partial charge is 0.311 e. The van der Waals surface area contributed by atoms with Gasteiger partial charge in [0.15, 0.2) is 5.69 Å². The number of carbonyl (C=O) groups is 2. The van der Waals surface area contributed by atoms with Gasteiger partial charge in [-0.25, -0.2) is 0 Å². The van der Waals surface area contributed by atoms with E-state index in [2.05, 4.69) is 20.7 Å². The number of aliphatic hydroxyl groups is 1. The number of carboxylic acids is 1. The van der Waals surface area contributed by atoms with E-state index in [9.17, 15) is 19.8 Å². The maximum Gasteiger partial charge on any atom is 0.311 e. The molecule has 2 aromatic carbocycles. The summed E-state index contributed by atoms with van der Waals surface area (Å²) in [5.41, 5.74) is 1.44. The maximum absolute atomic E-state index is 12.5. The third-order valence-corrected chi connectivity index (χ3v) is 5.50. The van der Waals surface area contributed by atoms with E-state index in [0.717, 1.165) is 16.7 Å². The first-order chi connectivity index (χ1) is 14.8. The van der Waals surface area contributed by atoms with Crippen LogP contribution in [0.3, 0.4) is 0 Å². The molecular weight excluding hydrogens is 420 g/mol. The number of nitrogens with zero attached hydrogens (tertiary/aromatic N) is 2. The number of carboxylic acid groups (broad SMARTS) is 1. The Kier molecular flexibility index (Phi) is 7.04. The van der Waals surface area contributed by atoms with Crippen molar-refractivity contribution in [2.45, 2.75) is 25.8 Å². The number of aromatic amines is 1. The molecule has 1 heterocycles. The summed E-state index contributed by atoms with van der Waals surface area (Å²) >= 11 is 6.27. The number of aromatic nitrogens is 3. The van der Waals surface area contributed by atoms with Crippen LogP contribution in [0.5, 0.6) is 0 Å². The van der Waals surface area contributed by atoms with Gasteiger partial charge in [-0.1, -0.05) is 54.1 Å². The first-order valence-corrected chi connectivity index (χ1v) is 10.0. The van der Waals surface area contributed by atoms with E-state index in [-0.39, 0.29) is 12.1 Å². The molecule has 4 N–H and O–H groups in total. The normalized spacial score (nSPS) is 13.9. The SMILES string of the molecule is CC(CO)(CC(Cc1ccc(-c2ccccc2Cl)cc1)NC(=O)c1cn[nH]n1)C(=O)O. The van der Waals surface area contributed by atoms with Gasteiger partial charge in [-0.2, -0.15) is 15.4 Å². The minimum Gasteiger partial charge on any atom is -0.481 e. The monoisotopic (exact) mass is 442 g/mol. The van der Waals surface area contributed by atoms with Crippen molar-refractivity contribution in [3.63, 3.8) is 0 Å². The highest BCUT2D eigenvalue weighted by Crippen LogP contribution is 2.29. The van der Waals surface area contributed by atoms with Crippen LogP contribution in [0.4, 0.5) is 0 Å². The largest absolute Gasteiger partial charge is 0.481 e. The van der Waals surface area contributed by atoms with Crippen molar-refractivity contribution in [2.24, 2.45) is 5.41 Å². The average molecular weight is 443 g/mol. The van der Waals surface area contributed by atoms with Gasteiger partial charge >= 0.3 is 5.97 Å². The van der Waals surface area contributed by atoms with Crippen LogP contribution in [-0.2, 0) is 11.2 Å². The molecule has 2 unspecified atom stereocenters. The number of nitrogens with one attached hydrogen (secondary N) is 2. The Labute approximate surface area is 184 Å². The van der Waals surface area contributed by atoms with Gasteiger partial charge in [-0.05, 0) is 37.0 Å². The van der Waals surface area contributed by atoms with Crippen molar-refractivity contribution >= 4 is 23.5 Å². The first kappa shape index (κ1) is 22.5. The molecule has 0 bridgehead atoms. The number of aliphatic hydroxyl groups excluding tert-OH is 1. The van der Waals surface area contributed by atoms with Crippen LogP contribution in [-0.4, -0.2) is 50.1 Å². The molecule has 0 radical (unpaired) electrons. The summed E-state index contributed by atoms with van der Waals surface area (Å²) in [5, 5.41) is 32.4. The number of rotatable bonds is 9. The van der Waals surface area contributed by atoms with E-state index in [0.29, 0.717) is 11.4 Å². The molecule has 0 aliphatic rings. The highest BCUT2D eigenvalue weighted by atomic mass is 35.5. The zero-order valence-corrected chi connectivity index (χ0v) is 17.6. The van der Waals surface area contributed by atoms with E-state index in [1.165, 1.54) is 13.1 Å². The topological polar surface area (TPSA) is 128 Å². The van der Waals surface area contributed by atoms with Crippen LogP contribution in [0.1, 0.15) is 29.4 Å². The molecular formula is C22H23ClN4O4. The summed E-state index contributed by atoms with van der Waals surface area (Å²) < 4.78 is 0. The van der Waals surface area contributed by atoms with Gasteiger partial charge < -0.3 is 15.5 Å². The van der Waals surface area contributed by atoms with Gasteiger partial charge in [-0.3, -0.25) is 9.59 Å². The minimum atomic E-state index is -1.40. The molecule has 0 fully saturated rings. The molecule has 0 aliphatic heterocycles. The van der Waals surface area contributed by atoms with Gasteiger partial charge in [0.2, 0.25) is 0 Å². The second kappa shape index (κ2) is 9.72. The summed E-state index contributed by atoms with van der Waals surface area (Å²) in [7, 11) is 0. The Hall–Kier alpha value is -3.23. The van der Waals surface area contributed by atoms with Crippen molar-refractivity contribution in [1.29, 1.82) is 0 Å². The summed E-state index contributed by atoms with van der Waals surface area (Å²) in [6, 6.07) is 14.6. The van der Waals surface area contributed by atoms with Crippen LogP contribution in [0.25, 0.3) is 11.1 Å². The van der Waals surface area contributed by atoms with Crippen LogP contribution in [0.15, 0.2) is 54.7 Å². The van der Waals surface area contributed by atoms with E-state index < -0.39 is 29.9 Å². The number of H-pyrrole nitrogens is 1. The fourth-order valence-corrected chi connectivity index (χ4v) is 3.55. The minimum absolute atomic E-state index is 0.0364. The number of hydrogen-bond acceptors (Lipinski definition) is 5. The quantitative estimate of drug-likeness (QED) is 0.403. The summed E-state index contributed by atoms with van der Waals surface area (Å²) in [5.74, 6) is -1.61. The number of hydrogen-bond donors (Lipinski definition) is 4. The van der Waals surface area contributed by atoms with E-state index in [4.69, 9.17) is 11.6 Å².